The summed E-state index contributed by atoms with van der Waals surface area (Å²) in [6.45, 7) is 7.24. The first-order valence-electron chi connectivity index (χ1n) is 8.65. The molecule has 1 aromatic carbocycles. The molecule has 1 amide bonds. The van der Waals surface area contributed by atoms with Crippen LogP contribution in [0.5, 0.6) is 11.5 Å². The van der Waals surface area contributed by atoms with Gasteiger partial charge in [-0.2, -0.15) is 0 Å². The maximum atomic E-state index is 12.4. The SMILES string of the molecule is CCCOc1ccc(C(=O)N[C@H]2CCCNC2)cc1OCCC.Cl. The Labute approximate surface area is 150 Å². The Balaban J connectivity index is 0.00000288. The van der Waals surface area contributed by atoms with E-state index in [9.17, 15) is 4.79 Å². The highest BCUT2D eigenvalue weighted by Gasteiger charge is 2.17. The number of hydrogen-bond donors (Lipinski definition) is 2. The molecule has 1 aliphatic rings. The zero-order chi connectivity index (χ0) is 16.5. The predicted molar refractivity (Wildman–Crippen MR) is 98.6 cm³/mol. The van der Waals surface area contributed by atoms with Crippen molar-refractivity contribution < 1.29 is 14.3 Å². The molecule has 0 spiro atoms. The second-order valence-corrected chi connectivity index (χ2v) is 5.88. The fourth-order valence-corrected chi connectivity index (χ4v) is 2.55. The fraction of sp³-hybridized carbons (Fsp3) is 0.611. The summed E-state index contributed by atoms with van der Waals surface area (Å²) >= 11 is 0. The lowest BCUT2D eigenvalue weighted by atomic mass is 10.1. The van der Waals surface area contributed by atoms with Gasteiger partial charge in [0, 0.05) is 18.2 Å². The molecule has 24 heavy (non-hydrogen) atoms. The molecular formula is C18H29ClN2O3. The summed E-state index contributed by atoms with van der Waals surface area (Å²) in [5.74, 6) is 1.30. The Morgan fingerprint density at radius 2 is 1.92 bits per heavy atom. The molecule has 1 fully saturated rings. The molecule has 1 heterocycles. The second kappa shape index (κ2) is 11.2. The van der Waals surface area contributed by atoms with E-state index in [0.717, 1.165) is 38.8 Å². The Morgan fingerprint density at radius 1 is 1.21 bits per heavy atom. The number of piperidine rings is 1. The van der Waals surface area contributed by atoms with Crippen LogP contribution in [0.25, 0.3) is 0 Å². The highest BCUT2D eigenvalue weighted by Crippen LogP contribution is 2.29. The lowest BCUT2D eigenvalue weighted by molar-refractivity contribution is 0.0930. The summed E-state index contributed by atoms with van der Waals surface area (Å²) in [5.41, 5.74) is 0.616. The predicted octanol–water partition coefficient (Wildman–Crippen LogP) is 3.17. The first-order valence-corrected chi connectivity index (χ1v) is 8.65. The van der Waals surface area contributed by atoms with Crippen LogP contribution in [0.3, 0.4) is 0 Å². The van der Waals surface area contributed by atoms with Gasteiger partial charge in [-0.1, -0.05) is 13.8 Å². The molecule has 0 unspecified atom stereocenters. The molecule has 6 heteroatoms. The number of benzene rings is 1. The normalized spacial score (nSPS) is 16.8. The van der Waals surface area contributed by atoms with Crippen LogP contribution in [0.2, 0.25) is 0 Å². The quantitative estimate of drug-likeness (QED) is 0.751. The van der Waals surface area contributed by atoms with E-state index in [4.69, 9.17) is 9.47 Å². The molecule has 2 N–H and O–H groups in total. The van der Waals surface area contributed by atoms with Crippen molar-refractivity contribution in [2.45, 2.75) is 45.6 Å². The number of rotatable bonds is 8. The molecule has 1 aromatic rings. The van der Waals surface area contributed by atoms with Crippen molar-refractivity contribution in [1.82, 2.24) is 10.6 Å². The molecule has 5 nitrogen and oxygen atoms in total. The molecule has 0 radical (unpaired) electrons. The molecule has 1 saturated heterocycles. The molecule has 0 bridgehead atoms. The monoisotopic (exact) mass is 356 g/mol. The third kappa shape index (κ3) is 6.21. The van der Waals surface area contributed by atoms with Crippen LogP contribution < -0.4 is 20.1 Å². The largest absolute Gasteiger partial charge is 0.490 e. The second-order valence-electron chi connectivity index (χ2n) is 5.88. The van der Waals surface area contributed by atoms with E-state index in [1.807, 2.05) is 6.07 Å². The van der Waals surface area contributed by atoms with Gasteiger partial charge in [0.05, 0.1) is 13.2 Å². The minimum Gasteiger partial charge on any atom is -0.490 e. The number of carbonyl (C=O) groups excluding carboxylic acids is 1. The van der Waals surface area contributed by atoms with Crippen molar-refractivity contribution in [3.05, 3.63) is 23.8 Å². The molecule has 0 aromatic heterocycles. The summed E-state index contributed by atoms with van der Waals surface area (Å²) in [6.07, 6.45) is 3.97. The minimum absolute atomic E-state index is 0. The average Bonchev–Trinajstić information content (AvgIpc) is 2.59. The first-order chi connectivity index (χ1) is 11.2. The number of ether oxygens (including phenoxy) is 2. The van der Waals surface area contributed by atoms with E-state index < -0.39 is 0 Å². The Kier molecular flexibility index (Phi) is 9.57. The molecule has 0 saturated carbocycles. The topological polar surface area (TPSA) is 59.6 Å². The van der Waals surface area contributed by atoms with E-state index in [2.05, 4.69) is 24.5 Å². The third-order valence-corrected chi connectivity index (χ3v) is 3.76. The molecule has 2 rings (SSSR count). The van der Waals surface area contributed by atoms with Crippen LogP contribution in [0.1, 0.15) is 49.9 Å². The summed E-state index contributed by atoms with van der Waals surface area (Å²) < 4.78 is 11.4. The maximum Gasteiger partial charge on any atom is 0.251 e. The van der Waals surface area contributed by atoms with Gasteiger partial charge in [0.15, 0.2) is 11.5 Å². The summed E-state index contributed by atoms with van der Waals surface area (Å²) in [5, 5.41) is 6.39. The van der Waals surface area contributed by atoms with Gasteiger partial charge in [-0.3, -0.25) is 4.79 Å². The number of amides is 1. The number of halogens is 1. The van der Waals surface area contributed by atoms with Gasteiger partial charge >= 0.3 is 0 Å². The van der Waals surface area contributed by atoms with Crippen LogP contribution in [0.15, 0.2) is 18.2 Å². The van der Waals surface area contributed by atoms with Crippen molar-refractivity contribution in [2.75, 3.05) is 26.3 Å². The first kappa shape index (κ1) is 20.6. The van der Waals surface area contributed by atoms with Gasteiger partial charge in [0.2, 0.25) is 0 Å². The van der Waals surface area contributed by atoms with Gasteiger partial charge in [-0.15, -0.1) is 12.4 Å². The van der Waals surface area contributed by atoms with Crippen molar-refractivity contribution in [1.29, 1.82) is 0 Å². The molecular weight excluding hydrogens is 328 g/mol. The van der Waals surface area contributed by atoms with Gasteiger partial charge in [0.25, 0.3) is 5.91 Å². The van der Waals surface area contributed by atoms with E-state index in [1.165, 1.54) is 0 Å². The van der Waals surface area contributed by atoms with Crippen molar-refractivity contribution in [2.24, 2.45) is 0 Å². The van der Waals surface area contributed by atoms with Gasteiger partial charge in [0.1, 0.15) is 0 Å². The number of nitrogens with one attached hydrogen (secondary N) is 2. The van der Waals surface area contributed by atoms with Crippen LogP contribution >= 0.6 is 12.4 Å². The minimum atomic E-state index is -0.0536. The van der Waals surface area contributed by atoms with Crippen LogP contribution in [0, 0.1) is 0 Å². The van der Waals surface area contributed by atoms with Gasteiger partial charge < -0.3 is 20.1 Å². The van der Waals surface area contributed by atoms with Crippen LogP contribution in [-0.2, 0) is 0 Å². The molecule has 1 aliphatic heterocycles. The van der Waals surface area contributed by atoms with Gasteiger partial charge in [-0.25, -0.2) is 0 Å². The van der Waals surface area contributed by atoms with E-state index >= 15 is 0 Å². The Hall–Kier alpha value is -1.46. The van der Waals surface area contributed by atoms with E-state index in [0.29, 0.717) is 30.3 Å². The lowest BCUT2D eigenvalue weighted by Gasteiger charge is -2.24. The highest BCUT2D eigenvalue weighted by atomic mass is 35.5. The summed E-state index contributed by atoms with van der Waals surface area (Å²) in [7, 11) is 0. The van der Waals surface area contributed by atoms with Crippen LogP contribution in [-0.4, -0.2) is 38.3 Å². The van der Waals surface area contributed by atoms with Crippen LogP contribution in [0.4, 0.5) is 0 Å². The molecule has 136 valence electrons. The van der Waals surface area contributed by atoms with Crippen molar-refractivity contribution >= 4 is 18.3 Å². The average molecular weight is 357 g/mol. The van der Waals surface area contributed by atoms with E-state index in [-0.39, 0.29) is 24.4 Å². The summed E-state index contributed by atoms with van der Waals surface area (Å²) in [4.78, 5) is 12.4. The lowest BCUT2D eigenvalue weighted by Crippen LogP contribution is -2.45. The molecule has 0 aliphatic carbocycles. The zero-order valence-corrected chi connectivity index (χ0v) is 15.4. The number of hydrogen-bond acceptors (Lipinski definition) is 4. The standard InChI is InChI=1S/C18H28N2O3.ClH/c1-3-10-22-16-8-7-14(12-17(16)23-11-4-2)18(21)20-15-6-5-9-19-13-15;/h7-8,12,15,19H,3-6,9-11,13H2,1-2H3,(H,20,21);1H/t15-;/m0./s1. The third-order valence-electron chi connectivity index (χ3n) is 3.76. The fourth-order valence-electron chi connectivity index (χ4n) is 2.55. The molecule has 1 atom stereocenters. The Morgan fingerprint density at radius 3 is 2.54 bits per heavy atom. The smallest absolute Gasteiger partial charge is 0.251 e. The van der Waals surface area contributed by atoms with Gasteiger partial charge in [-0.05, 0) is 50.4 Å². The highest BCUT2D eigenvalue weighted by molar-refractivity contribution is 5.95. The maximum absolute atomic E-state index is 12.4. The zero-order valence-electron chi connectivity index (χ0n) is 14.6. The van der Waals surface area contributed by atoms with Crippen molar-refractivity contribution in [3.8, 4) is 11.5 Å². The van der Waals surface area contributed by atoms with Crippen molar-refractivity contribution in [3.63, 3.8) is 0 Å². The summed E-state index contributed by atoms with van der Waals surface area (Å²) in [6, 6.07) is 5.61. The Bertz CT molecular complexity index is 505. The van der Waals surface area contributed by atoms with E-state index in [1.54, 1.807) is 12.1 Å². The number of carbonyl (C=O) groups is 1.